The van der Waals surface area contributed by atoms with Crippen LogP contribution in [0.2, 0.25) is 0 Å². The molecule has 3 aromatic carbocycles. The molecule has 103 valence electrons. The Morgan fingerprint density at radius 3 is 1.38 bits per heavy atom. The van der Waals surface area contributed by atoms with Gasteiger partial charge in [0, 0.05) is 6.07 Å². The third-order valence-electron chi connectivity index (χ3n) is 3.28. The normalized spacial score (nSPS) is 10.8. The maximum Gasteiger partial charge on any atom is 0.126 e. The van der Waals surface area contributed by atoms with Gasteiger partial charge in [-0.1, -0.05) is 60.7 Å². The van der Waals surface area contributed by atoms with Gasteiger partial charge >= 0.3 is 0 Å². The van der Waals surface area contributed by atoms with E-state index >= 15 is 0 Å². The van der Waals surface area contributed by atoms with E-state index in [1.165, 1.54) is 12.1 Å². The maximum atomic E-state index is 13.6. The minimum Gasteiger partial charge on any atom is -0.207 e. The average Bonchev–Trinajstić information content (AvgIpc) is 2.49. The first-order valence-corrected chi connectivity index (χ1v) is 6.68. The number of hydrogen-bond donors (Lipinski definition) is 0. The quantitative estimate of drug-likeness (QED) is 0.593. The van der Waals surface area contributed by atoms with Gasteiger partial charge in [0.05, 0.1) is 5.92 Å². The molecule has 0 spiro atoms. The molecule has 0 nitrogen and oxygen atoms in total. The van der Waals surface area contributed by atoms with Crippen LogP contribution in [-0.4, -0.2) is 0 Å². The minimum atomic E-state index is -0.575. The summed E-state index contributed by atoms with van der Waals surface area (Å²) in [5.41, 5.74) is 2.38. The molecule has 0 aliphatic rings. The molecule has 0 bridgehead atoms. The Bertz CT molecular complexity index is 661. The molecule has 2 heteroatoms. The maximum absolute atomic E-state index is 13.6. The van der Waals surface area contributed by atoms with Crippen LogP contribution in [0.25, 0.3) is 0 Å². The summed E-state index contributed by atoms with van der Waals surface area (Å²) in [6.45, 7) is 0. The van der Waals surface area contributed by atoms with Crippen LogP contribution in [0.5, 0.6) is 0 Å². The summed E-state index contributed by atoms with van der Waals surface area (Å²) in [6, 6.07) is 22.8. The van der Waals surface area contributed by atoms with Gasteiger partial charge in [-0.05, 0) is 28.8 Å². The molecule has 0 heterocycles. The highest BCUT2D eigenvalue weighted by Crippen LogP contribution is 2.31. The van der Waals surface area contributed by atoms with E-state index in [9.17, 15) is 8.78 Å². The van der Waals surface area contributed by atoms with Gasteiger partial charge in [0.15, 0.2) is 0 Å². The highest BCUT2D eigenvalue weighted by Gasteiger charge is 2.18. The zero-order valence-corrected chi connectivity index (χ0v) is 11.3. The van der Waals surface area contributed by atoms with E-state index in [0.29, 0.717) is 5.56 Å². The second kappa shape index (κ2) is 5.88. The van der Waals surface area contributed by atoms with Gasteiger partial charge < -0.3 is 0 Å². The van der Waals surface area contributed by atoms with Crippen LogP contribution in [-0.2, 0) is 0 Å². The van der Waals surface area contributed by atoms with Crippen molar-refractivity contribution >= 4 is 0 Å². The predicted molar refractivity (Wildman–Crippen MR) is 79.8 cm³/mol. The Labute approximate surface area is 122 Å². The molecule has 21 heavy (non-hydrogen) atoms. The largest absolute Gasteiger partial charge is 0.207 e. The SMILES string of the molecule is Fc1cc(F)cc([C](c2ccccc2)c2ccccc2)c1. The standard InChI is InChI=1S/C19H13F2/c20-17-11-16(12-18(21)13-17)19(14-7-3-1-4-8-14)15-9-5-2-6-10-15/h1-13H. The summed E-state index contributed by atoms with van der Waals surface area (Å²) in [7, 11) is 0. The molecule has 0 atom stereocenters. The van der Waals surface area contributed by atoms with E-state index in [-0.39, 0.29) is 0 Å². The van der Waals surface area contributed by atoms with Gasteiger partial charge in [-0.3, -0.25) is 0 Å². The van der Waals surface area contributed by atoms with E-state index in [1.807, 2.05) is 60.7 Å². The Hall–Kier alpha value is -2.48. The van der Waals surface area contributed by atoms with Crippen LogP contribution in [0, 0.1) is 17.6 Å². The molecule has 0 aliphatic carbocycles. The topological polar surface area (TPSA) is 0 Å². The average molecular weight is 279 g/mol. The molecule has 0 aliphatic heterocycles. The third-order valence-corrected chi connectivity index (χ3v) is 3.28. The van der Waals surface area contributed by atoms with Crippen LogP contribution in [0.4, 0.5) is 8.78 Å². The molecular formula is C19H13F2. The van der Waals surface area contributed by atoms with Crippen LogP contribution in [0.15, 0.2) is 78.9 Å². The summed E-state index contributed by atoms with van der Waals surface area (Å²) in [5.74, 6) is -0.335. The third kappa shape index (κ3) is 3.00. The van der Waals surface area contributed by atoms with Gasteiger partial charge in [-0.25, -0.2) is 8.78 Å². The fourth-order valence-electron chi connectivity index (χ4n) is 2.41. The second-order valence-electron chi connectivity index (χ2n) is 4.77. The number of rotatable bonds is 3. The highest BCUT2D eigenvalue weighted by atomic mass is 19.1. The number of halogens is 2. The molecule has 0 unspecified atom stereocenters. The lowest BCUT2D eigenvalue weighted by Crippen LogP contribution is -2.05. The van der Waals surface area contributed by atoms with Gasteiger partial charge in [-0.15, -0.1) is 0 Å². The first-order chi connectivity index (χ1) is 10.2. The van der Waals surface area contributed by atoms with Crippen molar-refractivity contribution in [2.45, 2.75) is 0 Å². The minimum absolute atomic E-state index is 0.532. The molecule has 0 saturated carbocycles. The van der Waals surface area contributed by atoms with Crippen molar-refractivity contribution in [3.8, 4) is 0 Å². The van der Waals surface area contributed by atoms with Gasteiger partial charge in [0.25, 0.3) is 0 Å². The second-order valence-corrected chi connectivity index (χ2v) is 4.77. The van der Waals surface area contributed by atoms with E-state index in [2.05, 4.69) is 0 Å². The molecule has 0 fully saturated rings. The zero-order valence-electron chi connectivity index (χ0n) is 11.3. The summed E-state index contributed by atoms with van der Waals surface area (Å²) in [5, 5.41) is 0. The van der Waals surface area contributed by atoms with Gasteiger partial charge in [0.2, 0.25) is 0 Å². The first-order valence-electron chi connectivity index (χ1n) is 6.68. The van der Waals surface area contributed by atoms with Crippen LogP contribution in [0.3, 0.4) is 0 Å². The van der Waals surface area contributed by atoms with Crippen molar-refractivity contribution in [1.82, 2.24) is 0 Å². The van der Waals surface area contributed by atoms with Crippen molar-refractivity contribution in [2.24, 2.45) is 0 Å². The summed E-state index contributed by atoms with van der Waals surface area (Å²) < 4.78 is 27.1. The monoisotopic (exact) mass is 279 g/mol. The van der Waals surface area contributed by atoms with Crippen LogP contribution < -0.4 is 0 Å². The Balaban J connectivity index is 2.17. The van der Waals surface area contributed by atoms with Crippen molar-refractivity contribution < 1.29 is 8.78 Å². The summed E-state index contributed by atoms with van der Waals surface area (Å²) in [4.78, 5) is 0. The highest BCUT2D eigenvalue weighted by molar-refractivity contribution is 5.57. The summed E-state index contributed by atoms with van der Waals surface area (Å²) >= 11 is 0. The van der Waals surface area contributed by atoms with Crippen LogP contribution in [0.1, 0.15) is 16.7 Å². The lowest BCUT2D eigenvalue weighted by Gasteiger charge is -2.18. The molecule has 0 saturated heterocycles. The van der Waals surface area contributed by atoms with E-state index in [1.54, 1.807) is 0 Å². The van der Waals surface area contributed by atoms with Gasteiger partial charge in [-0.2, -0.15) is 0 Å². The Morgan fingerprint density at radius 2 is 0.952 bits per heavy atom. The molecular weight excluding hydrogens is 266 g/mol. The zero-order chi connectivity index (χ0) is 14.7. The van der Waals surface area contributed by atoms with Crippen molar-refractivity contribution in [3.05, 3.63) is 113 Å². The van der Waals surface area contributed by atoms with E-state index in [0.717, 1.165) is 23.1 Å². The van der Waals surface area contributed by atoms with Crippen molar-refractivity contribution in [1.29, 1.82) is 0 Å². The van der Waals surface area contributed by atoms with Gasteiger partial charge in [0.1, 0.15) is 11.6 Å². The lowest BCUT2D eigenvalue weighted by molar-refractivity contribution is 0.581. The summed E-state index contributed by atoms with van der Waals surface area (Å²) in [6.07, 6.45) is 0. The molecule has 1 radical (unpaired) electrons. The molecule has 0 N–H and O–H groups in total. The fraction of sp³-hybridized carbons (Fsp3) is 0. The predicted octanol–water partition coefficient (Wildman–Crippen LogP) is 4.98. The Morgan fingerprint density at radius 1 is 0.524 bits per heavy atom. The molecule has 0 aromatic heterocycles. The van der Waals surface area contributed by atoms with Crippen LogP contribution >= 0.6 is 0 Å². The molecule has 0 amide bonds. The fourth-order valence-corrected chi connectivity index (χ4v) is 2.41. The van der Waals surface area contributed by atoms with Crippen molar-refractivity contribution in [2.75, 3.05) is 0 Å². The molecule has 3 rings (SSSR count). The Kier molecular flexibility index (Phi) is 3.78. The first kappa shape index (κ1) is 13.5. The van der Waals surface area contributed by atoms with E-state index < -0.39 is 11.6 Å². The van der Waals surface area contributed by atoms with E-state index in [4.69, 9.17) is 0 Å². The number of hydrogen-bond acceptors (Lipinski definition) is 0. The lowest BCUT2D eigenvalue weighted by atomic mass is 9.85. The molecule has 3 aromatic rings. The number of benzene rings is 3. The smallest absolute Gasteiger partial charge is 0.126 e. The van der Waals surface area contributed by atoms with Crippen molar-refractivity contribution in [3.63, 3.8) is 0 Å².